The highest BCUT2D eigenvalue weighted by Crippen LogP contribution is 2.43. The van der Waals surface area contributed by atoms with E-state index < -0.39 is 0 Å². The maximum absolute atomic E-state index is 4.64. The zero-order valence-electron chi connectivity index (χ0n) is 11.8. The number of piperidine rings is 1. The van der Waals surface area contributed by atoms with E-state index in [-0.39, 0.29) is 0 Å². The van der Waals surface area contributed by atoms with E-state index in [2.05, 4.69) is 42.8 Å². The van der Waals surface area contributed by atoms with Crippen LogP contribution in [-0.4, -0.2) is 17.1 Å². The molecule has 18 heavy (non-hydrogen) atoms. The third-order valence-electron chi connectivity index (χ3n) is 4.87. The van der Waals surface area contributed by atoms with E-state index >= 15 is 0 Å². The van der Waals surface area contributed by atoms with Gasteiger partial charge in [0.15, 0.2) is 0 Å². The average molecular weight is 244 g/mol. The van der Waals surface area contributed by atoms with Crippen LogP contribution in [0.15, 0.2) is 18.3 Å². The van der Waals surface area contributed by atoms with Gasteiger partial charge in [0.1, 0.15) is 5.82 Å². The zero-order valence-corrected chi connectivity index (χ0v) is 11.8. The van der Waals surface area contributed by atoms with Crippen molar-refractivity contribution in [1.29, 1.82) is 0 Å². The molecule has 2 atom stereocenters. The molecule has 1 aromatic heterocycles. The van der Waals surface area contributed by atoms with E-state index in [9.17, 15) is 0 Å². The molecule has 2 unspecified atom stereocenters. The highest BCUT2D eigenvalue weighted by Gasteiger charge is 2.41. The van der Waals surface area contributed by atoms with Gasteiger partial charge in [0, 0.05) is 18.3 Å². The fourth-order valence-corrected chi connectivity index (χ4v) is 3.75. The maximum atomic E-state index is 4.64. The molecule has 0 aromatic carbocycles. The largest absolute Gasteiger partial charge is 0.351 e. The molecule has 3 heterocycles. The van der Waals surface area contributed by atoms with Gasteiger partial charge in [0.2, 0.25) is 0 Å². The number of pyridine rings is 1. The van der Waals surface area contributed by atoms with Gasteiger partial charge in [-0.1, -0.05) is 19.9 Å². The minimum absolute atomic E-state index is 0.742. The van der Waals surface area contributed by atoms with Crippen LogP contribution in [0.1, 0.15) is 45.1 Å². The highest BCUT2D eigenvalue weighted by atomic mass is 15.3. The molecular weight excluding hydrogens is 220 g/mol. The van der Waals surface area contributed by atoms with Crippen LogP contribution in [-0.2, 0) is 0 Å². The third kappa shape index (κ3) is 2.02. The summed E-state index contributed by atoms with van der Waals surface area (Å²) in [6.45, 7) is 6.87. The number of hydrogen-bond donors (Lipinski definition) is 0. The van der Waals surface area contributed by atoms with Crippen LogP contribution in [0.3, 0.4) is 0 Å². The summed E-state index contributed by atoms with van der Waals surface area (Å²) >= 11 is 0. The highest BCUT2D eigenvalue weighted by molar-refractivity contribution is 5.44. The van der Waals surface area contributed by atoms with Gasteiger partial charge in [0.25, 0.3) is 0 Å². The smallest absolute Gasteiger partial charge is 0.128 e. The molecule has 0 N–H and O–H groups in total. The average Bonchev–Trinajstić information content (AvgIpc) is 2.61. The van der Waals surface area contributed by atoms with Crippen molar-refractivity contribution in [1.82, 2.24) is 4.98 Å². The molecule has 2 bridgehead atoms. The van der Waals surface area contributed by atoms with Crippen molar-refractivity contribution in [2.45, 2.75) is 58.5 Å². The quantitative estimate of drug-likeness (QED) is 0.786. The summed E-state index contributed by atoms with van der Waals surface area (Å²) in [4.78, 5) is 7.25. The molecule has 98 valence electrons. The summed E-state index contributed by atoms with van der Waals surface area (Å²) in [5, 5.41) is 0. The molecule has 2 aliphatic heterocycles. The molecule has 0 aliphatic carbocycles. The first-order valence-electron chi connectivity index (χ1n) is 7.36. The van der Waals surface area contributed by atoms with E-state index in [0.717, 1.165) is 23.9 Å². The summed E-state index contributed by atoms with van der Waals surface area (Å²) in [5.41, 5.74) is 1.25. The minimum atomic E-state index is 0.742. The molecule has 2 heteroatoms. The molecule has 0 saturated carbocycles. The van der Waals surface area contributed by atoms with E-state index in [1.54, 1.807) is 0 Å². The van der Waals surface area contributed by atoms with Crippen LogP contribution in [0.2, 0.25) is 0 Å². The number of fused-ring (bicyclic) bond motifs is 2. The summed E-state index contributed by atoms with van der Waals surface area (Å²) < 4.78 is 0. The van der Waals surface area contributed by atoms with Gasteiger partial charge in [-0.15, -0.1) is 0 Å². The molecule has 3 rings (SSSR count). The molecular formula is C16H24N2. The normalized spacial score (nSPS) is 31.1. The number of aryl methyl sites for hydroxylation is 1. The molecule has 2 aliphatic rings. The van der Waals surface area contributed by atoms with Gasteiger partial charge in [0.05, 0.1) is 0 Å². The summed E-state index contributed by atoms with van der Waals surface area (Å²) in [5.74, 6) is 2.96. The Hall–Kier alpha value is -1.05. The topological polar surface area (TPSA) is 16.1 Å². The molecule has 1 aromatic rings. The fourth-order valence-electron chi connectivity index (χ4n) is 3.75. The van der Waals surface area contributed by atoms with Gasteiger partial charge in [-0.05, 0) is 56.1 Å². The molecule has 0 amide bonds. The number of nitrogens with zero attached hydrogens (tertiary/aromatic N) is 2. The van der Waals surface area contributed by atoms with E-state index in [1.165, 1.54) is 37.1 Å². The summed E-state index contributed by atoms with van der Waals surface area (Å²) in [7, 11) is 0. The number of rotatable bonds is 2. The van der Waals surface area contributed by atoms with Gasteiger partial charge in [-0.25, -0.2) is 4.98 Å². The second kappa shape index (κ2) is 4.56. The van der Waals surface area contributed by atoms with Crippen molar-refractivity contribution >= 4 is 5.82 Å². The van der Waals surface area contributed by atoms with Crippen molar-refractivity contribution in [2.75, 3.05) is 4.90 Å². The number of aromatic nitrogens is 1. The Morgan fingerprint density at radius 2 is 1.83 bits per heavy atom. The Morgan fingerprint density at radius 1 is 1.17 bits per heavy atom. The van der Waals surface area contributed by atoms with Crippen LogP contribution in [0.5, 0.6) is 0 Å². The molecule has 2 nitrogen and oxygen atoms in total. The lowest BCUT2D eigenvalue weighted by Gasteiger charge is -2.41. The van der Waals surface area contributed by atoms with Gasteiger partial charge < -0.3 is 4.90 Å². The van der Waals surface area contributed by atoms with Crippen molar-refractivity contribution < 1.29 is 0 Å². The van der Waals surface area contributed by atoms with Crippen molar-refractivity contribution in [3.05, 3.63) is 23.9 Å². The first-order valence-corrected chi connectivity index (χ1v) is 7.36. The fraction of sp³-hybridized carbons (Fsp3) is 0.688. The molecule has 2 saturated heterocycles. The molecule has 2 fully saturated rings. The van der Waals surface area contributed by atoms with E-state index in [1.807, 2.05) is 6.20 Å². The van der Waals surface area contributed by atoms with Gasteiger partial charge >= 0.3 is 0 Å². The Morgan fingerprint density at radius 3 is 2.33 bits per heavy atom. The standard InChI is InChI=1S/C16H24N2/c1-11(2)13-8-14-5-6-15(9-13)18(14)16-7-4-12(3)10-17-16/h4,7,10-11,13-15H,5-6,8-9H2,1-3H3. The predicted molar refractivity (Wildman–Crippen MR) is 75.8 cm³/mol. The summed E-state index contributed by atoms with van der Waals surface area (Å²) in [6, 6.07) is 5.88. The van der Waals surface area contributed by atoms with E-state index in [4.69, 9.17) is 0 Å². The van der Waals surface area contributed by atoms with Crippen LogP contribution in [0, 0.1) is 18.8 Å². The Labute approximate surface area is 110 Å². The molecule has 0 spiro atoms. The van der Waals surface area contributed by atoms with Crippen molar-refractivity contribution in [3.63, 3.8) is 0 Å². The van der Waals surface area contributed by atoms with Crippen LogP contribution >= 0.6 is 0 Å². The Kier molecular flexibility index (Phi) is 3.04. The predicted octanol–water partition coefficient (Wildman–Crippen LogP) is 3.79. The monoisotopic (exact) mass is 244 g/mol. The minimum Gasteiger partial charge on any atom is -0.351 e. The molecule has 0 radical (unpaired) electrons. The van der Waals surface area contributed by atoms with Crippen molar-refractivity contribution in [2.24, 2.45) is 11.8 Å². The SMILES string of the molecule is Cc1ccc(N2C3CCC2CC(C(C)C)C3)nc1. The van der Waals surface area contributed by atoms with Crippen molar-refractivity contribution in [3.8, 4) is 0 Å². The first kappa shape index (κ1) is 12.0. The lowest BCUT2D eigenvalue weighted by Crippen LogP contribution is -2.44. The lowest BCUT2D eigenvalue weighted by atomic mass is 9.82. The maximum Gasteiger partial charge on any atom is 0.128 e. The zero-order chi connectivity index (χ0) is 12.7. The first-order chi connectivity index (χ1) is 8.65. The number of anilines is 1. The second-order valence-electron chi connectivity index (χ2n) is 6.46. The van der Waals surface area contributed by atoms with E-state index in [0.29, 0.717) is 0 Å². The second-order valence-corrected chi connectivity index (χ2v) is 6.46. The van der Waals surface area contributed by atoms with Crippen LogP contribution < -0.4 is 4.90 Å². The lowest BCUT2D eigenvalue weighted by molar-refractivity contribution is 0.267. The Balaban J connectivity index is 1.81. The third-order valence-corrected chi connectivity index (χ3v) is 4.87. The summed E-state index contributed by atoms with van der Waals surface area (Å²) in [6.07, 6.45) is 7.46. The van der Waals surface area contributed by atoms with Gasteiger partial charge in [-0.2, -0.15) is 0 Å². The van der Waals surface area contributed by atoms with Crippen LogP contribution in [0.4, 0.5) is 5.82 Å². The Bertz CT molecular complexity index is 396. The van der Waals surface area contributed by atoms with Gasteiger partial charge in [-0.3, -0.25) is 0 Å². The van der Waals surface area contributed by atoms with Crippen LogP contribution in [0.25, 0.3) is 0 Å². The number of hydrogen-bond acceptors (Lipinski definition) is 2.